The minimum atomic E-state index is -0.476. The number of nitrogens with zero attached hydrogens (tertiary/aromatic N) is 3. The number of carbonyl (C=O) groups is 2. The van der Waals surface area contributed by atoms with E-state index in [-0.39, 0.29) is 23.2 Å². The number of likely N-dealkylation sites (N-methyl/N-ethyl adjacent to an activating group) is 1. The fourth-order valence-corrected chi connectivity index (χ4v) is 4.01. The van der Waals surface area contributed by atoms with Gasteiger partial charge in [-0.15, -0.1) is 0 Å². The third kappa shape index (κ3) is 7.51. The molecule has 1 saturated heterocycles. The maximum Gasteiger partial charge on any atom is 0.298 e. The first-order valence-electron chi connectivity index (χ1n) is 12.4. The molecular weight excluding hydrogens is 478 g/mol. The average Bonchev–Trinajstić information content (AvgIpc) is 3.36. The van der Waals surface area contributed by atoms with Crippen LogP contribution in [0.2, 0.25) is 0 Å². The highest BCUT2D eigenvalue weighted by molar-refractivity contribution is 6.08. The molecule has 2 heterocycles. The topological polar surface area (TPSA) is 118 Å². The van der Waals surface area contributed by atoms with Crippen LogP contribution in [0.1, 0.15) is 47.2 Å². The van der Waals surface area contributed by atoms with E-state index in [1.165, 1.54) is 6.26 Å². The molecule has 0 radical (unpaired) electrons. The van der Waals surface area contributed by atoms with Crippen molar-refractivity contribution in [1.82, 2.24) is 15.2 Å². The average molecular weight is 518 g/mol. The van der Waals surface area contributed by atoms with Gasteiger partial charge < -0.3 is 34.2 Å². The van der Waals surface area contributed by atoms with Crippen LogP contribution in [0, 0.1) is 0 Å². The molecular formula is C26H39N5O6. The zero-order valence-corrected chi connectivity index (χ0v) is 22.6. The molecule has 37 heavy (non-hydrogen) atoms. The normalized spacial score (nSPS) is 16.3. The smallest absolute Gasteiger partial charge is 0.298 e. The van der Waals surface area contributed by atoms with E-state index in [0.29, 0.717) is 56.8 Å². The lowest BCUT2D eigenvalue weighted by atomic mass is 10.00. The van der Waals surface area contributed by atoms with Crippen molar-refractivity contribution in [2.75, 3.05) is 71.0 Å². The third-order valence-electron chi connectivity index (χ3n) is 6.45. The maximum absolute atomic E-state index is 13.1. The standard InChI is InChI=1S/C26H39N5O6/c1-18(15-35-6)30(4)25-29-22(16-37-25)24(33)28-21-8-7-19(13-20(21)23(32)27-9-11-34-5)14-31-10-12-36-17-26(31,2)3/h7-8,13,16,18H,9-12,14-15,17H2,1-6H3,(H,27,32)(H,28,33)/t18-/m1/s1. The molecule has 0 saturated carbocycles. The molecule has 11 heteroatoms. The Morgan fingerprint density at radius 3 is 2.73 bits per heavy atom. The predicted molar refractivity (Wildman–Crippen MR) is 140 cm³/mol. The molecule has 2 N–H and O–H groups in total. The summed E-state index contributed by atoms with van der Waals surface area (Å²) in [6.45, 7) is 10.2. The van der Waals surface area contributed by atoms with Gasteiger partial charge in [-0.1, -0.05) is 6.07 Å². The Kier molecular flexibility index (Phi) is 10.0. The lowest BCUT2D eigenvalue weighted by molar-refractivity contribution is -0.0552. The zero-order valence-electron chi connectivity index (χ0n) is 22.6. The highest BCUT2D eigenvalue weighted by Gasteiger charge is 2.30. The summed E-state index contributed by atoms with van der Waals surface area (Å²) in [5.41, 5.74) is 1.70. The van der Waals surface area contributed by atoms with Gasteiger partial charge in [0.25, 0.3) is 17.8 Å². The zero-order chi connectivity index (χ0) is 27.0. The Labute approximate surface area is 218 Å². The van der Waals surface area contributed by atoms with Crippen molar-refractivity contribution < 1.29 is 28.2 Å². The van der Waals surface area contributed by atoms with E-state index in [2.05, 4.69) is 34.4 Å². The van der Waals surface area contributed by atoms with Crippen molar-refractivity contribution in [3.63, 3.8) is 0 Å². The minimum absolute atomic E-state index is 0.00551. The van der Waals surface area contributed by atoms with Crippen molar-refractivity contribution in [2.45, 2.75) is 38.9 Å². The first-order chi connectivity index (χ1) is 17.7. The maximum atomic E-state index is 13.1. The molecule has 2 aromatic rings. The Morgan fingerprint density at radius 1 is 1.24 bits per heavy atom. The number of anilines is 2. The van der Waals surface area contributed by atoms with E-state index in [4.69, 9.17) is 18.6 Å². The summed E-state index contributed by atoms with van der Waals surface area (Å²) < 4.78 is 21.4. The second kappa shape index (κ2) is 13.0. The number of amides is 2. The fraction of sp³-hybridized carbons (Fsp3) is 0.577. The second-order valence-corrected chi connectivity index (χ2v) is 9.80. The molecule has 1 aromatic heterocycles. The van der Waals surface area contributed by atoms with Crippen LogP contribution in [0.3, 0.4) is 0 Å². The van der Waals surface area contributed by atoms with Crippen LogP contribution in [0.4, 0.5) is 11.7 Å². The molecule has 0 spiro atoms. The molecule has 2 amide bonds. The molecule has 11 nitrogen and oxygen atoms in total. The molecule has 1 atom stereocenters. The van der Waals surface area contributed by atoms with Gasteiger partial charge in [0, 0.05) is 46.4 Å². The van der Waals surface area contributed by atoms with Crippen LogP contribution in [0.5, 0.6) is 0 Å². The first kappa shape index (κ1) is 28.6. The van der Waals surface area contributed by atoms with Gasteiger partial charge >= 0.3 is 0 Å². The van der Waals surface area contributed by atoms with E-state index < -0.39 is 5.91 Å². The van der Waals surface area contributed by atoms with E-state index in [0.717, 1.165) is 12.1 Å². The van der Waals surface area contributed by atoms with Crippen LogP contribution < -0.4 is 15.5 Å². The number of aromatic nitrogens is 1. The fourth-order valence-electron chi connectivity index (χ4n) is 4.01. The van der Waals surface area contributed by atoms with Gasteiger partial charge in [0.1, 0.15) is 6.26 Å². The van der Waals surface area contributed by atoms with E-state index in [1.807, 2.05) is 26.1 Å². The molecule has 1 aromatic carbocycles. The Morgan fingerprint density at radius 2 is 2.03 bits per heavy atom. The molecule has 0 unspecified atom stereocenters. The molecule has 1 fully saturated rings. The SMILES string of the molecule is COCCNC(=O)c1cc(CN2CCOCC2(C)C)ccc1NC(=O)c1coc(N(C)[C@H](C)COC)n1. The lowest BCUT2D eigenvalue weighted by Gasteiger charge is -2.42. The number of ether oxygens (including phenoxy) is 3. The van der Waals surface area contributed by atoms with Crippen molar-refractivity contribution >= 4 is 23.5 Å². The number of hydrogen-bond donors (Lipinski definition) is 2. The lowest BCUT2D eigenvalue weighted by Crippen LogP contribution is -2.52. The Hall–Kier alpha value is -2.99. The number of nitrogens with one attached hydrogen (secondary N) is 2. The second-order valence-electron chi connectivity index (χ2n) is 9.80. The minimum Gasteiger partial charge on any atom is -0.431 e. The number of hydrogen-bond acceptors (Lipinski definition) is 9. The highest BCUT2D eigenvalue weighted by atomic mass is 16.5. The number of morpholine rings is 1. The highest BCUT2D eigenvalue weighted by Crippen LogP contribution is 2.25. The first-order valence-corrected chi connectivity index (χ1v) is 12.4. The summed E-state index contributed by atoms with van der Waals surface area (Å²) >= 11 is 0. The van der Waals surface area contributed by atoms with Gasteiger partial charge in [-0.3, -0.25) is 14.5 Å². The monoisotopic (exact) mass is 517 g/mol. The van der Waals surface area contributed by atoms with Gasteiger partial charge in [-0.2, -0.15) is 4.98 Å². The van der Waals surface area contributed by atoms with Gasteiger partial charge in [-0.05, 0) is 38.5 Å². The largest absolute Gasteiger partial charge is 0.431 e. The summed E-state index contributed by atoms with van der Waals surface area (Å²) in [7, 11) is 5.01. The van der Waals surface area contributed by atoms with Crippen molar-refractivity contribution in [3.8, 4) is 0 Å². The molecule has 0 bridgehead atoms. The Balaban J connectivity index is 1.80. The summed E-state index contributed by atoms with van der Waals surface area (Å²) in [6, 6.07) is 5.79. The predicted octanol–water partition coefficient (Wildman–Crippen LogP) is 2.38. The molecule has 204 valence electrons. The molecule has 1 aliphatic rings. The van der Waals surface area contributed by atoms with Crippen molar-refractivity contribution in [2.24, 2.45) is 0 Å². The molecule has 1 aliphatic heterocycles. The quantitative estimate of drug-likeness (QED) is 0.409. The summed E-state index contributed by atoms with van der Waals surface area (Å²) in [6.07, 6.45) is 1.30. The van der Waals surface area contributed by atoms with E-state index in [9.17, 15) is 9.59 Å². The number of carbonyl (C=O) groups excluding carboxylic acids is 2. The van der Waals surface area contributed by atoms with Gasteiger partial charge in [0.15, 0.2) is 5.69 Å². The Bertz CT molecular complexity index is 1060. The van der Waals surface area contributed by atoms with E-state index >= 15 is 0 Å². The van der Waals surface area contributed by atoms with Crippen LogP contribution in [0.15, 0.2) is 28.9 Å². The van der Waals surface area contributed by atoms with Crippen LogP contribution in [0.25, 0.3) is 0 Å². The molecule has 3 rings (SSSR count). The van der Waals surface area contributed by atoms with Crippen LogP contribution in [-0.2, 0) is 20.8 Å². The third-order valence-corrected chi connectivity index (χ3v) is 6.45. The number of rotatable bonds is 12. The summed E-state index contributed by atoms with van der Waals surface area (Å²) in [5, 5.41) is 5.66. The van der Waals surface area contributed by atoms with Crippen molar-refractivity contribution in [3.05, 3.63) is 41.3 Å². The van der Waals surface area contributed by atoms with Gasteiger partial charge in [-0.25, -0.2) is 0 Å². The van der Waals surface area contributed by atoms with Gasteiger partial charge in [0.05, 0.1) is 43.7 Å². The molecule has 0 aliphatic carbocycles. The number of benzene rings is 1. The number of oxazole rings is 1. The van der Waals surface area contributed by atoms with Crippen molar-refractivity contribution in [1.29, 1.82) is 0 Å². The number of methoxy groups -OCH3 is 2. The van der Waals surface area contributed by atoms with E-state index in [1.54, 1.807) is 25.2 Å². The summed E-state index contributed by atoms with van der Waals surface area (Å²) in [4.78, 5) is 34.5. The van der Waals surface area contributed by atoms with Gasteiger partial charge in [0.2, 0.25) is 0 Å². The van der Waals surface area contributed by atoms with Crippen LogP contribution >= 0.6 is 0 Å². The summed E-state index contributed by atoms with van der Waals surface area (Å²) in [5.74, 6) is -0.778. The van der Waals surface area contributed by atoms with Crippen LogP contribution in [-0.4, -0.2) is 94.1 Å².